The zero-order chi connectivity index (χ0) is 19.1. The summed E-state index contributed by atoms with van der Waals surface area (Å²) in [5.41, 5.74) is -0.835. The minimum Gasteiger partial charge on any atom is -0.311 e. The topological polar surface area (TPSA) is 76.5 Å². The van der Waals surface area contributed by atoms with Gasteiger partial charge in [-0.05, 0) is 26.0 Å². The molecule has 1 atom stereocenters. The maximum atomic E-state index is 14.1. The minimum absolute atomic E-state index is 0.00944. The predicted octanol–water partition coefficient (Wildman–Crippen LogP) is 3.10. The largest absolute Gasteiger partial charge is 0.416 e. The van der Waals surface area contributed by atoms with Crippen LogP contribution in [0.5, 0.6) is 0 Å². The van der Waals surface area contributed by atoms with Gasteiger partial charge in [0.2, 0.25) is 0 Å². The molecule has 3 aromatic rings. The van der Waals surface area contributed by atoms with Crippen LogP contribution in [0, 0.1) is 12.7 Å². The van der Waals surface area contributed by atoms with E-state index in [2.05, 4.69) is 20.2 Å². The van der Waals surface area contributed by atoms with Crippen LogP contribution in [-0.2, 0) is 6.18 Å². The first-order chi connectivity index (χ1) is 12.1. The van der Waals surface area contributed by atoms with Crippen molar-refractivity contribution in [2.75, 3.05) is 0 Å². The number of nitrogens with zero attached hydrogens (tertiary/aromatic N) is 4. The first kappa shape index (κ1) is 17.8. The molecule has 2 heterocycles. The van der Waals surface area contributed by atoms with Gasteiger partial charge in [-0.25, -0.2) is 9.37 Å². The van der Waals surface area contributed by atoms with Crippen molar-refractivity contribution >= 4 is 0 Å². The van der Waals surface area contributed by atoms with Gasteiger partial charge in [-0.2, -0.15) is 28.2 Å². The molecule has 2 aromatic heterocycles. The number of nitrogens with one attached hydrogen (secondary N) is 1. The quantitative estimate of drug-likeness (QED) is 0.722. The molecule has 0 saturated carbocycles. The third kappa shape index (κ3) is 3.48. The Morgan fingerprint density at radius 1 is 1.19 bits per heavy atom. The lowest BCUT2D eigenvalue weighted by atomic mass is 10.1. The molecule has 26 heavy (non-hydrogen) atoms. The van der Waals surface area contributed by atoms with Gasteiger partial charge in [-0.3, -0.25) is 4.79 Å². The molecule has 0 fully saturated rings. The van der Waals surface area contributed by atoms with Crippen molar-refractivity contribution in [2.45, 2.75) is 26.1 Å². The van der Waals surface area contributed by atoms with Gasteiger partial charge in [0.05, 0.1) is 23.5 Å². The van der Waals surface area contributed by atoms with E-state index < -0.39 is 23.6 Å². The summed E-state index contributed by atoms with van der Waals surface area (Å²) in [6, 6.07) is 2.79. The normalized spacial score (nSPS) is 13.0. The van der Waals surface area contributed by atoms with Crippen molar-refractivity contribution in [3.8, 4) is 11.4 Å². The van der Waals surface area contributed by atoms with Crippen LogP contribution in [0.15, 0.2) is 35.3 Å². The smallest absolute Gasteiger partial charge is 0.311 e. The highest BCUT2D eigenvalue weighted by Gasteiger charge is 2.31. The molecule has 1 N–H and O–H groups in total. The number of hydrogen-bond donors (Lipinski definition) is 1. The van der Waals surface area contributed by atoms with Crippen LogP contribution in [0.3, 0.4) is 0 Å². The number of aromatic amines is 1. The van der Waals surface area contributed by atoms with E-state index >= 15 is 0 Å². The van der Waals surface area contributed by atoms with Crippen molar-refractivity contribution in [3.05, 3.63) is 63.6 Å². The number of rotatable bonds is 3. The molecule has 0 aliphatic carbocycles. The number of aromatic nitrogens is 5. The molecule has 0 spiro atoms. The molecule has 3 rings (SSSR count). The van der Waals surface area contributed by atoms with E-state index in [1.165, 1.54) is 12.3 Å². The van der Waals surface area contributed by atoms with Gasteiger partial charge in [-0.15, -0.1) is 0 Å². The second kappa shape index (κ2) is 6.36. The lowest BCUT2D eigenvalue weighted by molar-refractivity contribution is -0.137. The second-order valence-corrected chi connectivity index (χ2v) is 5.68. The van der Waals surface area contributed by atoms with Crippen molar-refractivity contribution in [1.82, 2.24) is 25.0 Å². The molecule has 10 heteroatoms. The highest BCUT2D eigenvalue weighted by atomic mass is 19.4. The Balaban J connectivity index is 1.93. The molecule has 0 amide bonds. The molecular weight excluding hydrogens is 354 g/mol. The third-order valence-electron chi connectivity index (χ3n) is 3.76. The first-order valence-electron chi connectivity index (χ1n) is 7.52. The maximum absolute atomic E-state index is 14.1. The summed E-state index contributed by atoms with van der Waals surface area (Å²) in [4.78, 5) is 19.3. The van der Waals surface area contributed by atoms with E-state index in [4.69, 9.17) is 0 Å². The number of hydrogen-bond acceptors (Lipinski definition) is 4. The van der Waals surface area contributed by atoms with Gasteiger partial charge in [0.15, 0.2) is 0 Å². The van der Waals surface area contributed by atoms with E-state index in [1.54, 1.807) is 13.8 Å². The molecule has 0 aliphatic heterocycles. The monoisotopic (exact) mass is 367 g/mol. The molecular formula is C16H13F4N5O. The average Bonchev–Trinajstić information content (AvgIpc) is 3.02. The average molecular weight is 367 g/mol. The van der Waals surface area contributed by atoms with Crippen molar-refractivity contribution in [3.63, 3.8) is 0 Å². The van der Waals surface area contributed by atoms with Gasteiger partial charge in [0, 0.05) is 11.6 Å². The van der Waals surface area contributed by atoms with E-state index in [1.807, 2.05) is 0 Å². The Morgan fingerprint density at radius 2 is 1.92 bits per heavy atom. The Hall–Kier alpha value is -3.04. The van der Waals surface area contributed by atoms with Gasteiger partial charge >= 0.3 is 6.18 Å². The van der Waals surface area contributed by atoms with E-state index in [9.17, 15) is 22.4 Å². The van der Waals surface area contributed by atoms with Crippen LogP contribution in [0.25, 0.3) is 11.4 Å². The highest BCUT2D eigenvalue weighted by molar-refractivity contribution is 5.51. The summed E-state index contributed by atoms with van der Waals surface area (Å²) < 4.78 is 52.1. The fourth-order valence-corrected chi connectivity index (χ4v) is 2.46. The summed E-state index contributed by atoms with van der Waals surface area (Å²) in [7, 11) is 0. The van der Waals surface area contributed by atoms with Crippen LogP contribution in [0.1, 0.15) is 29.9 Å². The van der Waals surface area contributed by atoms with Crippen molar-refractivity contribution in [1.29, 1.82) is 0 Å². The molecule has 1 aromatic carbocycles. The fourth-order valence-electron chi connectivity index (χ4n) is 2.46. The number of H-pyrrole nitrogens is 1. The fraction of sp³-hybridized carbons (Fsp3) is 0.250. The lowest BCUT2D eigenvalue weighted by Gasteiger charge is -2.14. The Morgan fingerprint density at radius 3 is 2.54 bits per heavy atom. The lowest BCUT2D eigenvalue weighted by Crippen LogP contribution is -2.14. The van der Waals surface area contributed by atoms with Crippen LogP contribution < -0.4 is 5.56 Å². The summed E-state index contributed by atoms with van der Waals surface area (Å²) in [6.07, 6.45) is -3.27. The van der Waals surface area contributed by atoms with Crippen LogP contribution in [-0.4, -0.2) is 25.0 Å². The standard InChI is InChI=1S/C16H13F4N5O/c1-8(11-4-3-10(5-12(11)17)16(18,19)20)25-21-7-14(24-25)13-6-15(26)23-9(2)22-13/h3-8H,1-2H3,(H,22,23,26). The minimum atomic E-state index is -4.62. The summed E-state index contributed by atoms with van der Waals surface area (Å²) in [5, 5.41) is 8.16. The molecule has 0 aliphatic rings. The van der Waals surface area contributed by atoms with E-state index in [0.29, 0.717) is 17.6 Å². The number of aryl methyl sites for hydroxylation is 1. The van der Waals surface area contributed by atoms with Gasteiger partial charge in [-0.1, -0.05) is 6.07 Å². The Labute approximate surface area is 144 Å². The van der Waals surface area contributed by atoms with E-state index in [-0.39, 0.29) is 16.8 Å². The van der Waals surface area contributed by atoms with Crippen LogP contribution >= 0.6 is 0 Å². The SMILES string of the molecule is Cc1nc(-c2cnn(C(C)c3ccc(C(F)(F)F)cc3F)n2)cc(=O)[nH]1. The molecule has 0 bridgehead atoms. The zero-order valence-corrected chi connectivity index (χ0v) is 13.7. The maximum Gasteiger partial charge on any atom is 0.416 e. The van der Waals surface area contributed by atoms with E-state index in [0.717, 1.165) is 16.9 Å². The summed E-state index contributed by atoms with van der Waals surface area (Å²) >= 11 is 0. The summed E-state index contributed by atoms with van der Waals surface area (Å²) in [5.74, 6) is -0.611. The third-order valence-corrected chi connectivity index (χ3v) is 3.76. The number of benzene rings is 1. The molecule has 6 nitrogen and oxygen atoms in total. The molecule has 1 unspecified atom stereocenters. The second-order valence-electron chi connectivity index (χ2n) is 5.68. The molecule has 0 radical (unpaired) electrons. The molecule has 136 valence electrons. The molecule has 0 saturated heterocycles. The number of alkyl halides is 3. The summed E-state index contributed by atoms with van der Waals surface area (Å²) in [6.45, 7) is 3.15. The van der Waals surface area contributed by atoms with Crippen LogP contribution in [0.2, 0.25) is 0 Å². The van der Waals surface area contributed by atoms with Crippen LogP contribution in [0.4, 0.5) is 17.6 Å². The Kier molecular flexibility index (Phi) is 4.34. The first-order valence-corrected chi connectivity index (χ1v) is 7.52. The number of halogens is 4. The van der Waals surface area contributed by atoms with Gasteiger partial charge in [0.25, 0.3) is 5.56 Å². The van der Waals surface area contributed by atoms with Crippen molar-refractivity contribution < 1.29 is 17.6 Å². The van der Waals surface area contributed by atoms with Gasteiger partial charge in [0.1, 0.15) is 17.3 Å². The Bertz CT molecular complexity index is 1010. The highest BCUT2D eigenvalue weighted by Crippen LogP contribution is 2.31. The predicted molar refractivity (Wildman–Crippen MR) is 83.8 cm³/mol. The zero-order valence-electron chi connectivity index (χ0n) is 13.7. The van der Waals surface area contributed by atoms with Crippen molar-refractivity contribution in [2.24, 2.45) is 0 Å². The van der Waals surface area contributed by atoms with Gasteiger partial charge < -0.3 is 4.98 Å².